The SMILES string of the molecule is COCCNC(=O)NCC(c1ccc(C)cc1)N(C)C. The second-order valence-corrected chi connectivity index (χ2v) is 5.02. The molecule has 0 aliphatic carbocycles. The minimum atomic E-state index is -0.166. The van der Waals surface area contributed by atoms with Crippen molar-refractivity contribution in [1.82, 2.24) is 15.5 Å². The van der Waals surface area contributed by atoms with Crippen LogP contribution < -0.4 is 10.6 Å². The lowest BCUT2D eigenvalue weighted by Crippen LogP contribution is -2.41. The second kappa shape index (κ2) is 8.55. The number of nitrogens with zero attached hydrogens (tertiary/aromatic N) is 1. The second-order valence-electron chi connectivity index (χ2n) is 5.02. The van der Waals surface area contributed by atoms with Gasteiger partial charge in [-0.05, 0) is 26.6 Å². The number of rotatable bonds is 7. The zero-order valence-corrected chi connectivity index (χ0v) is 12.8. The molecule has 20 heavy (non-hydrogen) atoms. The summed E-state index contributed by atoms with van der Waals surface area (Å²) >= 11 is 0. The van der Waals surface area contributed by atoms with E-state index in [2.05, 4.69) is 46.7 Å². The van der Waals surface area contributed by atoms with E-state index < -0.39 is 0 Å². The molecule has 0 aliphatic heterocycles. The lowest BCUT2D eigenvalue weighted by atomic mass is 10.0. The molecule has 0 heterocycles. The lowest BCUT2D eigenvalue weighted by Gasteiger charge is -2.25. The molecule has 0 fully saturated rings. The van der Waals surface area contributed by atoms with Crippen molar-refractivity contribution in [2.24, 2.45) is 0 Å². The normalized spacial score (nSPS) is 12.2. The topological polar surface area (TPSA) is 53.6 Å². The van der Waals surface area contributed by atoms with E-state index in [1.807, 2.05) is 14.1 Å². The average Bonchev–Trinajstić information content (AvgIpc) is 2.41. The van der Waals surface area contributed by atoms with Crippen molar-refractivity contribution >= 4 is 6.03 Å². The molecule has 5 heteroatoms. The largest absolute Gasteiger partial charge is 0.383 e. The summed E-state index contributed by atoms with van der Waals surface area (Å²) in [5.74, 6) is 0. The Morgan fingerprint density at radius 1 is 1.25 bits per heavy atom. The van der Waals surface area contributed by atoms with Crippen molar-refractivity contribution in [3.8, 4) is 0 Å². The van der Waals surface area contributed by atoms with E-state index in [4.69, 9.17) is 4.74 Å². The first-order valence-corrected chi connectivity index (χ1v) is 6.78. The predicted octanol–water partition coefficient (Wildman–Crippen LogP) is 1.54. The highest BCUT2D eigenvalue weighted by Gasteiger charge is 2.14. The highest BCUT2D eigenvalue weighted by molar-refractivity contribution is 5.73. The highest BCUT2D eigenvalue weighted by Crippen LogP contribution is 2.17. The van der Waals surface area contributed by atoms with Gasteiger partial charge in [0.25, 0.3) is 0 Å². The summed E-state index contributed by atoms with van der Waals surface area (Å²) in [7, 11) is 5.63. The maximum Gasteiger partial charge on any atom is 0.314 e. The number of ether oxygens (including phenoxy) is 1. The van der Waals surface area contributed by atoms with Crippen molar-refractivity contribution in [3.05, 3.63) is 35.4 Å². The number of amides is 2. The molecule has 0 radical (unpaired) electrons. The van der Waals surface area contributed by atoms with Crippen LogP contribution in [0.5, 0.6) is 0 Å². The maximum atomic E-state index is 11.6. The average molecular weight is 279 g/mol. The summed E-state index contributed by atoms with van der Waals surface area (Å²) in [6.45, 7) is 3.66. The molecule has 1 atom stereocenters. The Morgan fingerprint density at radius 3 is 2.45 bits per heavy atom. The van der Waals surface area contributed by atoms with Crippen LogP contribution in [0.1, 0.15) is 17.2 Å². The third kappa shape index (κ3) is 5.59. The molecule has 0 saturated carbocycles. The fraction of sp³-hybridized carbons (Fsp3) is 0.533. The van der Waals surface area contributed by atoms with Crippen LogP contribution in [0.3, 0.4) is 0 Å². The van der Waals surface area contributed by atoms with Crippen molar-refractivity contribution in [3.63, 3.8) is 0 Å². The smallest absolute Gasteiger partial charge is 0.314 e. The van der Waals surface area contributed by atoms with Crippen LogP contribution in [0.2, 0.25) is 0 Å². The molecular formula is C15H25N3O2. The van der Waals surface area contributed by atoms with Gasteiger partial charge < -0.3 is 20.3 Å². The Morgan fingerprint density at radius 2 is 1.90 bits per heavy atom. The summed E-state index contributed by atoms with van der Waals surface area (Å²) in [6, 6.07) is 8.37. The standard InChI is InChI=1S/C15H25N3O2/c1-12-5-7-13(8-6-12)14(18(2)3)11-17-15(19)16-9-10-20-4/h5-8,14H,9-11H2,1-4H3,(H2,16,17,19). The van der Waals surface area contributed by atoms with Gasteiger partial charge in [-0.25, -0.2) is 4.79 Å². The molecule has 1 unspecified atom stereocenters. The first-order valence-electron chi connectivity index (χ1n) is 6.78. The number of hydrogen-bond acceptors (Lipinski definition) is 3. The summed E-state index contributed by atoms with van der Waals surface area (Å²) < 4.78 is 4.89. The molecule has 1 rings (SSSR count). The summed E-state index contributed by atoms with van der Waals surface area (Å²) in [4.78, 5) is 13.7. The van der Waals surface area contributed by atoms with Crippen LogP contribution in [0.4, 0.5) is 4.79 Å². The van der Waals surface area contributed by atoms with E-state index in [1.54, 1.807) is 7.11 Å². The molecular weight excluding hydrogens is 254 g/mol. The van der Waals surface area contributed by atoms with Crippen LogP contribution in [0, 0.1) is 6.92 Å². The minimum absolute atomic E-state index is 0.156. The molecule has 0 spiro atoms. The van der Waals surface area contributed by atoms with Gasteiger partial charge in [-0.3, -0.25) is 0 Å². The van der Waals surface area contributed by atoms with E-state index in [9.17, 15) is 4.79 Å². The van der Waals surface area contributed by atoms with E-state index in [1.165, 1.54) is 11.1 Å². The molecule has 112 valence electrons. The molecule has 1 aromatic rings. The predicted molar refractivity (Wildman–Crippen MR) is 80.9 cm³/mol. The first-order chi connectivity index (χ1) is 9.54. The number of likely N-dealkylation sites (N-methyl/N-ethyl adjacent to an activating group) is 1. The molecule has 0 bridgehead atoms. The third-order valence-corrected chi connectivity index (χ3v) is 3.13. The van der Waals surface area contributed by atoms with Crippen LogP contribution in [-0.4, -0.2) is 51.8 Å². The number of aryl methyl sites for hydroxylation is 1. The van der Waals surface area contributed by atoms with Crippen molar-refractivity contribution in [1.29, 1.82) is 0 Å². The monoisotopic (exact) mass is 279 g/mol. The number of carbonyl (C=O) groups is 1. The third-order valence-electron chi connectivity index (χ3n) is 3.13. The van der Waals surface area contributed by atoms with Gasteiger partial charge in [0, 0.05) is 20.2 Å². The van der Waals surface area contributed by atoms with Crippen LogP contribution >= 0.6 is 0 Å². The van der Waals surface area contributed by atoms with Crippen molar-refractivity contribution in [2.75, 3.05) is 40.9 Å². The number of carbonyl (C=O) groups excluding carboxylic acids is 1. The van der Waals surface area contributed by atoms with E-state index >= 15 is 0 Å². The van der Waals surface area contributed by atoms with Gasteiger partial charge >= 0.3 is 6.03 Å². The number of hydrogen-bond donors (Lipinski definition) is 2. The number of nitrogens with one attached hydrogen (secondary N) is 2. The first kappa shape index (κ1) is 16.5. The number of benzene rings is 1. The Labute approximate surface area is 121 Å². The number of urea groups is 1. The fourth-order valence-corrected chi connectivity index (χ4v) is 1.91. The molecule has 2 N–H and O–H groups in total. The van der Waals surface area contributed by atoms with Gasteiger partial charge in [0.2, 0.25) is 0 Å². The van der Waals surface area contributed by atoms with Crippen LogP contribution in [0.25, 0.3) is 0 Å². The van der Waals surface area contributed by atoms with Gasteiger partial charge in [-0.2, -0.15) is 0 Å². The van der Waals surface area contributed by atoms with E-state index in [0.29, 0.717) is 19.7 Å². The van der Waals surface area contributed by atoms with Crippen LogP contribution in [0.15, 0.2) is 24.3 Å². The zero-order chi connectivity index (χ0) is 15.0. The fourth-order valence-electron chi connectivity index (χ4n) is 1.91. The molecule has 1 aromatic carbocycles. The highest BCUT2D eigenvalue weighted by atomic mass is 16.5. The van der Waals surface area contributed by atoms with Gasteiger partial charge in [0.1, 0.15) is 0 Å². The molecule has 0 aliphatic rings. The summed E-state index contributed by atoms with van der Waals surface area (Å²) in [6.07, 6.45) is 0. The zero-order valence-electron chi connectivity index (χ0n) is 12.8. The lowest BCUT2D eigenvalue weighted by molar-refractivity contribution is 0.194. The van der Waals surface area contributed by atoms with Crippen LogP contribution in [-0.2, 0) is 4.74 Å². The number of methoxy groups -OCH3 is 1. The van der Waals surface area contributed by atoms with Crippen molar-refractivity contribution in [2.45, 2.75) is 13.0 Å². The molecule has 0 aromatic heterocycles. The maximum absolute atomic E-state index is 11.6. The summed E-state index contributed by atoms with van der Waals surface area (Å²) in [5.41, 5.74) is 2.43. The molecule has 0 saturated heterocycles. The van der Waals surface area contributed by atoms with E-state index in [0.717, 1.165) is 0 Å². The van der Waals surface area contributed by atoms with Crippen molar-refractivity contribution < 1.29 is 9.53 Å². The molecule has 2 amide bonds. The van der Waals surface area contributed by atoms with Gasteiger partial charge in [0.05, 0.1) is 12.6 Å². The Balaban J connectivity index is 2.51. The Kier molecular flexibility index (Phi) is 7.04. The Hall–Kier alpha value is -1.59. The van der Waals surface area contributed by atoms with E-state index in [-0.39, 0.29) is 12.1 Å². The van der Waals surface area contributed by atoms with Gasteiger partial charge in [-0.1, -0.05) is 29.8 Å². The summed E-state index contributed by atoms with van der Waals surface area (Å²) in [5, 5.41) is 5.63. The van der Waals surface area contributed by atoms with Gasteiger partial charge in [-0.15, -0.1) is 0 Å². The quantitative estimate of drug-likeness (QED) is 0.745. The minimum Gasteiger partial charge on any atom is -0.383 e. The molecule has 5 nitrogen and oxygen atoms in total. The Bertz CT molecular complexity index is 404. The van der Waals surface area contributed by atoms with Gasteiger partial charge in [0.15, 0.2) is 0 Å².